The molecule has 0 saturated heterocycles. The molecule has 0 saturated carbocycles. The van der Waals surface area contributed by atoms with E-state index in [1.807, 2.05) is 25.1 Å². The first kappa shape index (κ1) is 16.3. The summed E-state index contributed by atoms with van der Waals surface area (Å²) in [6.45, 7) is 6.04. The normalized spacial score (nSPS) is 13.8. The van der Waals surface area contributed by atoms with Gasteiger partial charge in [-0.3, -0.25) is 9.59 Å². The van der Waals surface area contributed by atoms with E-state index in [-0.39, 0.29) is 11.8 Å². The lowest BCUT2D eigenvalue weighted by molar-refractivity contribution is -0.129. The molecule has 0 bridgehead atoms. The van der Waals surface area contributed by atoms with Crippen molar-refractivity contribution in [1.82, 2.24) is 10.2 Å². The molecule has 1 heterocycles. The van der Waals surface area contributed by atoms with Crippen molar-refractivity contribution in [2.75, 3.05) is 19.7 Å². The van der Waals surface area contributed by atoms with E-state index in [2.05, 4.69) is 5.32 Å². The highest BCUT2D eigenvalue weighted by Crippen LogP contribution is 2.25. The highest BCUT2D eigenvalue weighted by atomic mass is 16.5. The van der Waals surface area contributed by atoms with Gasteiger partial charge in [-0.15, -0.1) is 0 Å². The first-order valence-corrected chi connectivity index (χ1v) is 7.87. The van der Waals surface area contributed by atoms with Crippen LogP contribution in [0.5, 0.6) is 5.75 Å². The number of benzene rings is 1. The van der Waals surface area contributed by atoms with E-state index < -0.39 is 0 Å². The molecule has 22 heavy (non-hydrogen) atoms. The lowest BCUT2D eigenvalue weighted by atomic mass is 10.0. The van der Waals surface area contributed by atoms with Crippen LogP contribution in [0.25, 0.3) is 0 Å². The molecular formula is C17H24N2O3. The Hall–Kier alpha value is -2.04. The molecule has 1 aromatic rings. The number of nitrogens with one attached hydrogen (secondary N) is 1. The second kappa shape index (κ2) is 7.82. The largest absolute Gasteiger partial charge is 0.491 e. The number of carbonyl (C=O) groups is 2. The molecule has 1 N–H and O–H groups in total. The molecule has 2 rings (SSSR count). The number of rotatable bonds is 5. The number of aryl methyl sites for hydroxylation is 1. The van der Waals surface area contributed by atoms with E-state index in [9.17, 15) is 9.59 Å². The van der Waals surface area contributed by atoms with Crippen molar-refractivity contribution < 1.29 is 14.3 Å². The fraction of sp³-hybridized carbons (Fsp3) is 0.529. The van der Waals surface area contributed by atoms with Gasteiger partial charge in [-0.1, -0.05) is 19.1 Å². The smallest absolute Gasteiger partial charge is 0.220 e. The van der Waals surface area contributed by atoms with E-state index in [0.29, 0.717) is 32.5 Å². The van der Waals surface area contributed by atoms with E-state index in [0.717, 1.165) is 29.8 Å². The van der Waals surface area contributed by atoms with Crippen LogP contribution in [-0.2, 0) is 22.6 Å². The standard InChI is InChI=1S/C17H24N2O3/c1-3-8-18-17(21)7-5-14-4-6-16-15(11-14)12-19(13(2)20)9-10-22-16/h4,6,11H,3,5,7-10,12H2,1-2H3,(H,18,21). The van der Waals surface area contributed by atoms with E-state index >= 15 is 0 Å². The Labute approximate surface area is 131 Å². The minimum Gasteiger partial charge on any atom is -0.491 e. The predicted octanol–water partition coefficient (Wildman–Crippen LogP) is 1.89. The summed E-state index contributed by atoms with van der Waals surface area (Å²) in [6, 6.07) is 5.98. The van der Waals surface area contributed by atoms with Gasteiger partial charge < -0.3 is 15.0 Å². The van der Waals surface area contributed by atoms with Gasteiger partial charge in [0.1, 0.15) is 12.4 Å². The zero-order valence-electron chi connectivity index (χ0n) is 13.4. The first-order chi connectivity index (χ1) is 10.6. The zero-order chi connectivity index (χ0) is 15.9. The van der Waals surface area contributed by atoms with Gasteiger partial charge in [-0.2, -0.15) is 0 Å². The maximum Gasteiger partial charge on any atom is 0.220 e. The van der Waals surface area contributed by atoms with Gasteiger partial charge in [0.15, 0.2) is 0 Å². The molecule has 0 aliphatic carbocycles. The van der Waals surface area contributed by atoms with Crippen LogP contribution >= 0.6 is 0 Å². The third-order valence-electron chi connectivity index (χ3n) is 3.76. The van der Waals surface area contributed by atoms with Gasteiger partial charge in [0.25, 0.3) is 0 Å². The first-order valence-electron chi connectivity index (χ1n) is 7.87. The molecule has 0 aromatic heterocycles. The molecule has 1 aliphatic heterocycles. The topological polar surface area (TPSA) is 58.6 Å². The zero-order valence-corrected chi connectivity index (χ0v) is 13.4. The molecule has 0 atom stereocenters. The Bertz CT molecular complexity index is 543. The Morgan fingerprint density at radius 1 is 1.36 bits per heavy atom. The van der Waals surface area contributed by atoms with Crippen LogP contribution in [0.4, 0.5) is 0 Å². The predicted molar refractivity (Wildman–Crippen MR) is 84.6 cm³/mol. The second-order valence-corrected chi connectivity index (χ2v) is 5.58. The number of ether oxygens (including phenoxy) is 1. The summed E-state index contributed by atoms with van der Waals surface area (Å²) < 4.78 is 5.69. The molecule has 5 nitrogen and oxygen atoms in total. The molecule has 0 fully saturated rings. The van der Waals surface area contributed by atoms with Crippen LogP contribution in [-0.4, -0.2) is 36.4 Å². The summed E-state index contributed by atoms with van der Waals surface area (Å²) in [4.78, 5) is 25.0. The van der Waals surface area contributed by atoms with E-state index in [1.165, 1.54) is 0 Å². The van der Waals surface area contributed by atoms with Crippen LogP contribution in [0.15, 0.2) is 18.2 Å². The summed E-state index contributed by atoms with van der Waals surface area (Å²) in [5.41, 5.74) is 2.11. The van der Waals surface area contributed by atoms with Crippen LogP contribution in [0.3, 0.4) is 0 Å². The van der Waals surface area contributed by atoms with Gasteiger partial charge in [-0.05, 0) is 24.5 Å². The quantitative estimate of drug-likeness (QED) is 0.903. The summed E-state index contributed by atoms with van der Waals surface area (Å²) in [5, 5.41) is 2.88. The highest BCUT2D eigenvalue weighted by Gasteiger charge is 2.17. The minimum absolute atomic E-state index is 0.0563. The van der Waals surface area contributed by atoms with Gasteiger partial charge in [-0.25, -0.2) is 0 Å². The third kappa shape index (κ3) is 4.48. The molecule has 0 spiro atoms. The molecule has 5 heteroatoms. The summed E-state index contributed by atoms with van der Waals surface area (Å²) >= 11 is 0. The highest BCUT2D eigenvalue weighted by molar-refractivity contribution is 5.76. The molecule has 2 amide bonds. The number of nitrogens with zero attached hydrogens (tertiary/aromatic N) is 1. The Morgan fingerprint density at radius 2 is 2.18 bits per heavy atom. The van der Waals surface area contributed by atoms with Crippen LogP contribution in [0.2, 0.25) is 0 Å². The molecule has 120 valence electrons. The van der Waals surface area contributed by atoms with Crippen molar-refractivity contribution in [3.8, 4) is 5.75 Å². The SMILES string of the molecule is CCCNC(=O)CCc1ccc2c(c1)CN(C(C)=O)CCO2. The van der Waals surface area contributed by atoms with Gasteiger partial charge in [0.05, 0.1) is 6.54 Å². The molecule has 1 aliphatic rings. The fourth-order valence-corrected chi connectivity index (χ4v) is 2.48. The van der Waals surface area contributed by atoms with Gasteiger partial charge in [0, 0.05) is 32.0 Å². The maximum absolute atomic E-state index is 11.7. The number of hydrogen-bond donors (Lipinski definition) is 1. The van der Waals surface area contributed by atoms with Crippen molar-refractivity contribution in [3.63, 3.8) is 0 Å². The monoisotopic (exact) mass is 304 g/mol. The Balaban J connectivity index is 2.00. The summed E-state index contributed by atoms with van der Waals surface area (Å²) in [5.74, 6) is 0.974. The fourth-order valence-electron chi connectivity index (χ4n) is 2.48. The number of fused-ring (bicyclic) bond motifs is 1. The summed E-state index contributed by atoms with van der Waals surface area (Å²) in [7, 11) is 0. The third-order valence-corrected chi connectivity index (χ3v) is 3.76. The van der Waals surface area contributed by atoms with Crippen LogP contribution in [0.1, 0.15) is 37.8 Å². The molecular weight excluding hydrogens is 280 g/mol. The molecule has 1 aromatic carbocycles. The van der Waals surface area contributed by atoms with Crippen molar-refractivity contribution in [2.45, 2.75) is 39.7 Å². The number of hydrogen-bond acceptors (Lipinski definition) is 3. The molecule has 0 radical (unpaired) electrons. The molecule has 0 unspecified atom stereocenters. The van der Waals surface area contributed by atoms with E-state index in [4.69, 9.17) is 4.74 Å². The van der Waals surface area contributed by atoms with Crippen molar-refractivity contribution in [2.24, 2.45) is 0 Å². The van der Waals surface area contributed by atoms with Gasteiger partial charge >= 0.3 is 0 Å². The number of carbonyl (C=O) groups excluding carboxylic acids is 2. The van der Waals surface area contributed by atoms with Crippen LogP contribution < -0.4 is 10.1 Å². The van der Waals surface area contributed by atoms with Crippen molar-refractivity contribution >= 4 is 11.8 Å². The van der Waals surface area contributed by atoms with E-state index in [1.54, 1.807) is 11.8 Å². The Morgan fingerprint density at radius 3 is 2.91 bits per heavy atom. The van der Waals surface area contributed by atoms with Crippen molar-refractivity contribution in [1.29, 1.82) is 0 Å². The van der Waals surface area contributed by atoms with Crippen molar-refractivity contribution in [3.05, 3.63) is 29.3 Å². The van der Waals surface area contributed by atoms with Gasteiger partial charge in [0.2, 0.25) is 11.8 Å². The average molecular weight is 304 g/mol. The lowest BCUT2D eigenvalue weighted by Crippen LogP contribution is -2.30. The average Bonchev–Trinajstić information content (AvgIpc) is 2.72. The summed E-state index contributed by atoms with van der Waals surface area (Å²) in [6.07, 6.45) is 2.13. The lowest BCUT2D eigenvalue weighted by Gasteiger charge is -2.17. The Kier molecular flexibility index (Phi) is 5.81. The minimum atomic E-state index is 0.0563. The number of amides is 2. The second-order valence-electron chi connectivity index (χ2n) is 5.58. The maximum atomic E-state index is 11.7. The van der Waals surface area contributed by atoms with Crippen LogP contribution in [0, 0.1) is 0 Å².